The van der Waals surface area contributed by atoms with Gasteiger partial charge in [0.1, 0.15) is 6.10 Å². The van der Waals surface area contributed by atoms with Gasteiger partial charge in [0.2, 0.25) is 0 Å². The fourth-order valence-corrected chi connectivity index (χ4v) is 4.37. The monoisotopic (exact) mass is 460 g/mol. The normalized spacial score (nSPS) is 12.8. The van der Waals surface area contributed by atoms with E-state index in [1.165, 1.54) is 0 Å². The number of carbonyl (C=O) groups excluding carboxylic acids is 1. The Kier molecular flexibility index (Phi) is 6.17. The molecule has 4 rings (SSSR count). The van der Waals surface area contributed by atoms with Crippen LogP contribution in [0.1, 0.15) is 44.9 Å². The highest BCUT2D eigenvalue weighted by molar-refractivity contribution is 6.30. The topological polar surface area (TPSA) is 44.1 Å². The summed E-state index contributed by atoms with van der Waals surface area (Å²) < 4.78 is 8.25. The van der Waals surface area contributed by atoms with Crippen molar-refractivity contribution in [2.45, 2.75) is 46.3 Å². The molecule has 4 nitrogen and oxygen atoms in total. The summed E-state index contributed by atoms with van der Waals surface area (Å²) >= 11 is 6.19. The van der Waals surface area contributed by atoms with Crippen LogP contribution in [0.2, 0.25) is 5.02 Å². The maximum Gasteiger partial charge on any atom is 0.163 e. The van der Waals surface area contributed by atoms with E-state index in [0.29, 0.717) is 5.02 Å². The molecule has 0 aliphatic heterocycles. The highest BCUT2D eigenvalue weighted by Gasteiger charge is 2.29. The van der Waals surface area contributed by atoms with E-state index in [1.807, 2.05) is 69.8 Å². The van der Waals surface area contributed by atoms with E-state index in [2.05, 4.69) is 29.2 Å². The summed E-state index contributed by atoms with van der Waals surface area (Å²) in [6.45, 7) is 9.56. The fourth-order valence-electron chi connectivity index (χ4n) is 4.25. The van der Waals surface area contributed by atoms with Crippen LogP contribution >= 0.6 is 11.6 Å². The van der Waals surface area contributed by atoms with Crippen molar-refractivity contribution in [2.75, 3.05) is 0 Å². The van der Waals surface area contributed by atoms with Crippen LogP contribution in [0.15, 0.2) is 61.1 Å². The number of halogens is 1. The average molecular weight is 461 g/mol. The first-order valence-corrected chi connectivity index (χ1v) is 11.4. The van der Waals surface area contributed by atoms with Gasteiger partial charge in [-0.3, -0.25) is 4.79 Å². The van der Waals surface area contributed by atoms with E-state index in [4.69, 9.17) is 16.3 Å². The zero-order valence-corrected chi connectivity index (χ0v) is 20.7. The molecule has 1 heterocycles. The van der Waals surface area contributed by atoms with E-state index in [-0.39, 0.29) is 5.78 Å². The molecule has 0 bridgehead atoms. The van der Waals surface area contributed by atoms with Gasteiger partial charge in [0.25, 0.3) is 0 Å². The largest absolute Gasteiger partial charge is 0.360 e. The van der Waals surface area contributed by atoms with Crippen LogP contribution in [0.3, 0.4) is 0 Å². The number of carbonyl (C=O) groups is 1. The molecule has 0 saturated carbocycles. The van der Waals surface area contributed by atoms with Crippen LogP contribution in [-0.2, 0) is 16.6 Å². The Morgan fingerprint density at radius 1 is 1.06 bits per heavy atom. The van der Waals surface area contributed by atoms with Gasteiger partial charge in [-0.15, -0.1) is 0 Å². The predicted octanol–water partition coefficient (Wildman–Crippen LogP) is 7.31. The summed E-state index contributed by atoms with van der Waals surface area (Å²) in [7, 11) is 1.96. The molecule has 3 aromatic carbocycles. The van der Waals surface area contributed by atoms with Crippen molar-refractivity contribution in [1.82, 2.24) is 9.55 Å². The molecular formula is C28H29ClN2O2. The Morgan fingerprint density at radius 3 is 2.30 bits per heavy atom. The lowest BCUT2D eigenvalue weighted by molar-refractivity contribution is -0.138. The molecule has 0 saturated heterocycles. The zero-order chi connectivity index (χ0) is 23.9. The summed E-state index contributed by atoms with van der Waals surface area (Å²) in [5, 5.41) is 2.81. The number of ether oxygens (including phenoxy) is 1. The number of benzene rings is 3. The number of imidazole rings is 1. The van der Waals surface area contributed by atoms with Crippen LogP contribution in [0.4, 0.5) is 0 Å². The maximum absolute atomic E-state index is 12.8. The molecule has 0 unspecified atom stereocenters. The Hall–Kier alpha value is -2.95. The van der Waals surface area contributed by atoms with Crippen molar-refractivity contribution in [3.63, 3.8) is 0 Å². The Bertz CT molecular complexity index is 1330. The quantitative estimate of drug-likeness (QED) is 0.313. The second-order valence-corrected chi connectivity index (χ2v) is 10.0. The Labute approximate surface area is 200 Å². The molecule has 0 spiro atoms. The molecule has 0 amide bonds. The summed E-state index contributed by atoms with van der Waals surface area (Å²) in [5.41, 5.74) is 5.40. The van der Waals surface area contributed by atoms with Crippen LogP contribution in [0.25, 0.3) is 33.2 Å². The van der Waals surface area contributed by atoms with Crippen molar-refractivity contribution in [2.24, 2.45) is 7.05 Å². The van der Waals surface area contributed by atoms with Gasteiger partial charge in [-0.2, -0.15) is 0 Å². The number of hydrogen-bond acceptors (Lipinski definition) is 3. The molecule has 4 aromatic rings. The third-order valence-corrected chi connectivity index (χ3v) is 5.88. The van der Waals surface area contributed by atoms with E-state index in [9.17, 15) is 4.79 Å². The summed E-state index contributed by atoms with van der Waals surface area (Å²) in [4.78, 5) is 17.3. The van der Waals surface area contributed by atoms with E-state index in [1.54, 1.807) is 13.3 Å². The molecule has 1 aromatic heterocycles. The molecular weight excluding hydrogens is 432 g/mol. The lowest BCUT2D eigenvalue weighted by Crippen LogP contribution is -2.27. The molecule has 1 atom stereocenters. The van der Waals surface area contributed by atoms with Gasteiger partial charge in [-0.25, -0.2) is 4.98 Å². The molecule has 5 heteroatoms. The zero-order valence-electron chi connectivity index (χ0n) is 19.9. The van der Waals surface area contributed by atoms with Crippen molar-refractivity contribution < 1.29 is 9.53 Å². The Morgan fingerprint density at radius 2 is 1.73 bits per heavy atom. The number of rotatable bonds is 5. The van der Waals surface area contributed by atoms with Gasteiger partial charge < -0.3 is 9.30 Å². The third-order valence-electron chi connectivity index (χ3n) is 5.62. The third kappa shape index (κ3) is 4.87. The second kappa shape index (κ2) is 8.77. The highest BCUT2D eigenvalue weighted by atomic mass is 35.5. The van der Waals surface area contributed by atoms with Crippen LogP contribution in [0.5, 0.6) is 0 Å². The second-order valence-electron chi connectivity index (χ2n) is 9.57. The molecule has 0 aliphatic rings. The van der Waals surface area contributed by atoms with Gasteiger partial charge >= 0.3 is 0 Å². The minimum Gasteiger partial charge on any atom is -0.360 e. The molecule has 0 fully saturated rings. The van der Waals surface area contributed by atoms with Crippen molar-refractivity contribution in [1.29, 1.82) is 0 Å². The first-order valence-electron chi connectivity index (χ1n) is 11.0. The summed E-state index contributed by atoms with van der Waals surface area (Å²) in [6.07, 6.45) is 3.13. The number of ketones is 1. The number of fused-ring (bicyclic) bond motifs is 1. The van der Waals surface area contributed by atoms with Gasteiger partial charge in [0, 0.05) is 23.8 Å². The fraction of sp³-hybridized carbons (Fsp3) is 0.286. The smallest absolute Gasteiger partial charge is 0.163 e. The molecule has 0 aliphatic carbocycles. The van der Waals surface area contributed by atoms with Crippen LogP contribution < -0.4 is 0 Å². The highest BCUT2D eigenvalue weighted by Crippen LogP contribution is 2.41. The molecule has 33 heavy (non-hydrogen) atoms. The number of nitrogens with zero attached hydrogens (tertiary/aromatic N) is 2. The van der Waals surface area contributed by atoms with E-state index < -0.39 is 11.7 Å². The average Bonchev–Trinajstić information content (AvgIpc) is 3.17. The predicted molar refractivity (Wildman–Crippen MR) is 136 cm³/mol. The summed E-state index contributed by atoms with van der Waals surface area (Å²) in [6, 6.07) is 16.2. The molecule has 170 valence electrons. The van der Waals surface area contributed by atoms with Crippen molar-refractivity contribution >= 4 is 28.2 Å². The van der Waals surface area contributed by atoms with Crippen molar-refractivity contribution in [3.05, 3.63) is 77.2 Å². The molecule has 0 radical (unpaired) electrons. The Balaban J connectivity index is 2.02. The number of aromatic nitrogens is 2. The van der Waals surface area contributed by atoms with E-state index in [0.717, 1.165) is 44.3 Å². The number of Topliss-reactive ketones (excluding diaryl/α,β-unsaturated/α-hetero) is 1. The van der Waals surface area contributed by atoms with Crippen molar-refractivity contribution in [3.8, 4) is 22.4 Å². The number of hydrogen-bond donors (Lipinski definition) is 0. The van der Waals surface area contributed by atoms with Crippen LogP contribution in [-0.4, -0.2) is 20.9 Å². The first kappa shape index (κ1) is 23.2. The van der Waals surface area contributed by atoms with Crippen LogP contribution in [0, 0.1) is 6.92 Å². The number of aryl methyl sites for hydroxylation is 2. The standard InChI is InChI=1S/C28H29ClN2O2/c1-17-13-21-14-20(24-15-31(6)16-30-24)9-12-23(21)26(19-7-10-22(29)11-8-19)25(17)27(18(2)32)33-28(3,4)5/h7-16,27H,1-6H3/t27-/m1/s1. The maximum atomic E-state index is 12.8. The molecule has 0 N–H and O–H groups in total. The summed E-state index contributed by atoms with van der Waals surface area (Å²) in [5.74, 6) is -0.0207. The lowest BCUT2D eigenvalue weighted by atomic mass is 9.85. The van der Waals surface area contributed by atoms with Gasteiger partial charge in [0.05, 0.1) is 17.6 Å². The minimum absolute atomic E-state index is 0.0207. The first-order chi connectivity index (χ1) is 15.5. The minimum atomic E-state index is -0.671. The lowest BCUT2D eigenvalue weighted by Gasteiger charge is -2.29. The van der Waals surface area contributed by atoms with Gasteiger partial charge in [-0.05, 0) is 85.8 Å². The van der Waals surface area contributed by atoms with Gasteiger partial charge in [-0.1, -0.05) is 41.9 Å². The van der Waals surface area contributed by atoms with Gasteiger partial charge in [0.15, 0.2) is 5.78 Å². The van der Waals surface area contributed by atoms with E-state index >= 15 is 0 Å². The SMILES string of the molecule is CC(=O)[C@@H](OC(C)(C)C)c1c(C)cc2cc(-c3cn(C)cn3)ccc2c1-c1ccc(Cl)cc1.